The van der Waals surface area contributed by atoms with E-state index in [0.717, 1.165) is 46.1 Å². The van der Waals surface area contributed by atoms with E-state index in [-0.39, 0.29) is 18.8 Å². The number of benzene rings is 2. The van der Waals surface area contributed by atoms with Crippen molar-refractivity contribution in [2.24, 2.45) is 5.73 Å². The van der Waals surface area contributed by atoms with Gasteiger partial charge in [-0.3, -0.25) is 5.10 Å². The minimum Gasteiger partial charge on any atom is -0.488 e. The molecule has 0 amide bonds. The van der Waals surface area contributed by atoms with Crippen molar-refractivity contribution in [1.82, 2.24) is 20.2 Å². The second-order valence-corrected chi connectivity index (χ2v) is 7.07. The van der Waals surface area contributed by atoms with E-state index in [2.05, 4.69) is 25.5 Å². The molecule has 0 saturated heterocycles. The van der Waals surface area contributed by atoms with Crippen LogP contribution < -0.4 is 15.8 Å². The van der Waals surface area contributed by atoms with Crippen molar-refractivity contribution in [3.05, 3.63) is 48.3 Å². The van der Waals surface area contributed by atoms with Crippen molar-refractivity contribution in [2.45, 2.75) is 31.6 Å². The van der Waals surface area contributed by atoms with E-state index in [1.165, 1.54) is 0 Å². The molecule has 1 aliphatic rings. The van der Waals surface area contributed by atoms with Crippen LogP contribution in [0.1, 0.15) is 18.5 Å². The summed E-state index contributed by atoms with van der Waals surface area (Å²) in [6.07, 6.45) is 3.66. The summed E-state index contributed by atoms with van der Waals surface area (Å²) in [5.41, 5.74) is 8.91. The lowest BCUT2D eigenvalue weighted by Crippen LogP contribution is -2.43. The van der Waals surface area contributed by atoms with E-state index in [9.17, 15) is 5.11 Å². The first kappa shape index (κ1) is 16.9. The van der Waals surface area contributed by atoms with E-state index in [4.69, 9.17) is 10.5 Å². The third-order valence-electron chi connectivity index (χ3n) is 5.05. The number of rotatable bonds is 5. The first-order valence-electron chi connectivity index (χ1n) is 9.22. The van der Waals surface area contributed by atoms with Gasteiger partial charge >= 0.3 is 0 Å². The Morgan fingerprint density at radius 2 is 2.14 bits per heavy atom. The van der Waals surface area contributed by atoms with Crippen molar-refractivity contribution in [2.75, 3.05) is 5.32 Å². The molecule has 1 saturated carbocycles. The molecule has 2 aromatic heterocycles. The number of aliphatic hydroxyl groups is 1. The van der Waals surface area contributed by atoms with Crippen molar-refractivity contribution in [3.8, 4) is 5.75 Å². The van der Waals surface area contributed by atoms with Crippen molar-refractivity contribution >= 4 is 33.4 Å². The monoisotopic (exact) mass is 376 g/mol. The zero-order valence-corrected chi connectivity index (χ0v) is 15.1. The highest BCUT2D eigenvalue weighted by atomic mass is 16.5. The minimum atomic E-state index is -0.102. The highest BCUT2D eigenvalue weighted by Crippen LogP contribution is 2.30. The average Bonchev–Trinajstić information content (AvgIpc) is 3.09. The number of aromatic amines is 1. The Morgan fingerprint density at radius 3 is 2.96 bits per heavy atom. The number of hydrogen-bond donors (Lipinski definition) is 4. The summed E-state index contributed by atoms with van der Waals surface area (Å²) in [4.78, 5) is 9.06. The molecule has 0 bridgehead atoms. The van der Waals surface area contributed by atoms with E-state index in [1.54, 1.807) is 6.20 Å². The van der Waals surface area contributed by atoms with E-state index >= 15 is 0 Å². The summed E-state index contributed by atoms with van der Waals surface area (Å²) in [5, 5.41) is 21.4. The number of para-hydroxylation sites is 1. The Kier molecular flexibility index (Phi) is 4.07. The number of aliphatic hydroxyl groups excluding tert-OH is 1. The maximum atomic E-state index is 9.32. The number of anilines is 2. The molecule has 1 aliphatic carbocycles. The molecule has 0 spiro atoms. The van der Waals surface area contributed by atoms with Gasteiger partial charge in [-0.2, -0.15) is 5.10 Å². The van der Waals surface area contributed by atoms with E-state index < -0.39 is 0 Å². The van der Waals surface area contributed by atoms with Crippen LogP contribution >= 0.6 is 0 Å². The number of nitrogens with zero attached hydrogens (tertiary/aromatic N) is 3. The lowest BCUT2D eigenvalue weighted by molar-refractivity contribution is 0.102. The summed E-state index contributed by atoms with van der Waals surface area (Å²) in [6, 6.07) is 11.8. The molecule has 0 aliphatic heterocycles. The first-order valence-corrected chi connectivity index (χ1v) is 9.22. The van der Waals surface area contributed by atoms with E-state index in [1.807, 2.05) is 36.4 Å². The van der Waals surface area contributed by atoms with Crippen LogP contribution in [0.3, 0.4) is 0 Å². The number of nitrogens with two attached hydrogens (primary N) is 1. The van der Waals surface area contributed by atoms with Gasteiger partial charge in [0.25, 0.3) is 0 Å². The van der Waals surface area contributed by atoms with Crippen LogP contribution in [0.25, 0.3) is 21.8 Å². The summed E-state index contributed by atoms with van der Waals surface area (Å²) < 4.78 is 6.08. The number of ether oxygens (including phenoxy) is 1. The van der Waals surface area contributed by atoms with Crippen molar-refractivity contribution in [3.63, 3.8) is 0 Å². The maximum Gasteiger partial charge on any atom is 0.227 e. The highest BCUT2D eigenvalue weighted by Gasteiger charge is 2.28. The number of fused-ring (bicyclic) bond motifs is 2. The lowest BCUT2D eigenvalue weighted by Gasteiger charge is -2.32. The fourth-order valence-corrected chi connectivity index (χ4v) is 3.47. The summed E-state index contributed by atoms with van der Waals surface area (Å²) in [5.74, 6) is 1.23. The van der Waals surface area contributed by atoms with Crippen LogP contribution in [-0.2, 0) is 6.61 Å². The number of aromatic nitrogens is 4. The van der Waals surface area contributed by atoms with Crippen LogP contribution in [-0.4, -0.2) is 37.4 Å². The molecule has 1 fully saturated rings. The van der Waals surface area contributed by atoms with Crippen LogP contribution in [0.15, 0.2) is 42.6 Å². The third-order valence-corrected chi connectivity index (χ3v) is 5.05. The largest absolute Gasteiger partial charge is 0.488 e. The summed E-state index contributed by atoms with van der Waals surface area (Å²) in [6.45, 7) is -0.102. The maximum absolute atomic E-state index is 9.32. The minimum absolute atomic E-state index is 0.102. The zero-order valence-electron chi connectivity index (χ0n) is 15.1. The molecule has 142 valence electrons. The van der Waals surface area contributed by atoms with Gasteiger partial charge in [0.15, 0.2) is 0 Å². The molecule has 0 radical (unpaired) electrons. The third kappa shape index (κ3) is 3.02. The van der Waals surface area contributed by atoms with Gasteiger partial charge in [0, 0.05) is 28.7 Å². The van der Waals surface area contributed by atoms with Crippen LogP contribution in [0.5, 0.6) is 5.75 Å². The Hall–Kier alpha value is -3.23. The van der Waals surface area contributed by atoms with Gasteiger partial charge in [-0.25, -0.2) is 9.97 Å². The molecule has 8 heteroatoms. The van der Waals surface area contributed by atoms with Crippen LogP contribution in [0.2, 0.25) is 0 Å². The number of hydrogen-bond acceptors (Lipinski definition) is 7. The quantitative estimate of drug-likeness (QED) is 0.422. The van der Waals surface area contributed by atoms with Gasteiger partial charge in [0.05, 0.1) is 17.8 Å². The predicted molar refractivity (Wildman–Crippen MR) is 106 cm³/mol. The molecule has 0 unspecified atom stereocenters. The van der Waals surface area contributed by atoms with Crippen molar-refractivity contribution < 1.29 is 9.84 Å². The smallest absolute Gasteiger partial charge is 0.227 e. The second kappa shape index (κ2) is 6.74. The molecule has 8 nitrogen and oxygen atoms in total. The van der Waals surface area contributed by atoms with E-state index in [0.29, 0.717) is 11.6 Å². The molecule has 2 aromatic carbocycles. The number of H-pyrrole nitrogens is 1. The standard InChI is InChI=1S/C20H20N6O2/c21-12-6-14(7-12)28-18-3-1-2-11-9-22-20(24-19(11)18)23-13-4-5-15-16(8-13)25-26-17(15)10-27/h1-5,8-9,12,14,27H,6-7,10,21H2,(H,25,26)(H,22,23,24). The molecule has 28 heavy (non-hydrogen) atoms. The topological polar surface area (TPSA) is 122 Å². The fourth-order valence-electron chi connectivity index (χ4n) is 3.47. The van der Waals surface area contributed by atoms with Crippen molar-refractivity contribution in [1.29, 1.82) is 0 Å². The normalized spacial score (nSPS) is 18.9. The van der Waals surface area contributed by atoms with Crippen LogP contribution in [0.4, 0.5) is 11.6 Å². The fraction of sp³-hybridized carbons (Fsp3) is 0.250. The molecule has 2 heterocycles. The summed E-state index contributed by atoms with van der Waals surface area (Å²) in [7, 11) is 0. The Balaban J connectivity index is 1.44. The van der Waals surface area contributed by atoms with Crippen LogP contribution in [0, 0.1) is 0 Å². The second-order valence-electron chi connectivity index (χ2n) is 7.07. The lowest BCUT2D eigenvalue weighted by atomic mass is 9.90. The molecule has 5 N–H and O–H groups in total. The average molecular weight is 376 g/mol. The van der Waals surface area contributed by atoms with Gasteiger partial charge in [0.1, 0.15) is 17.4 Å². The predicted octanol–water partition coefficient (Wildman–Crippen LogP) is 2.61. The molecule has 5 rings (SSSR count). The molecule has 4 aromatic rings. The van der Waals surface area contributed by atoms with Gasteiger partial charge in [-0.1, -0.05) is 12.1 Å². The summed E-state index contributed by atoms with van der Waals surface area (Å²) >= 11 is 0. The first-order chi connectivity index (χ1) is 13.7. The number of nitrogens with one attached hydrogen (secondary N) is 2. The zero-order chi connectivity index (χ0) is 19.1. The Labute approximate surface area is 160 Å². The SMILES string of the molecule is NC1CC(Oc2cccc3cnc(Nc4ccc5c(CO)n[nH]c5c4)nc23)C1. The van der Waals surface area contributed by atoms with Gasteiger partial charge in [0.2, 0.25) is 5.95 Å². The molecular weight excluding hydrogens is 356 g/mol. The Bertz CT molecular complexity index is 1150. The molecule has 0 atom stereocenters. The Morgan fingerprint density at radius 1 is 1.25 bits per heavy atom. The van der Waals surface area contributed by atoms with Gasteiger partial charge in [-0.05, 0) is 37.1 Å². The van der Waals surface area contributed by atoms with Gasteiger partial charge in [-0.15, -0.1) is 0 Å². The highest BCUT2D eigenvalue weighted by molar-refractivity contribution is 5.87. The van der Waals surface area contributed by atoms with Gasteiger partial charge < -0.3 is 20.9 Å². The molecular formula is C20H20N6O2.